The molecule has 2 rings (SSSR count). The Morgan fingerprint density at radius 3 is 2.24 bits per heavy atom. The Balaban J connectivity index is 0.000000686. The van der Waals surface area contributed by atoms with Crippen molar-refractivity contribution in [2.75, 3.05) is 20.1 Å². The second-order valence-corrected chi connectivity index (χ2v) is 4.21. The number of benzene rings is 1. The summed E-state index contributed by atoms with van der Waals surface area (Å²) in [5.74, 6) is 0. The molecule has 4 heteroatoms. The third-order valence-electron chi connectivity index (χ3n) is 3.05. The maximum Gasteiger partial charge on any atom is 0.488 e. The van der Waals surface area contributed by atoms with Gasteiger partial charge in [0.2, 0.25) is 0 Å². The topological polar surface area (TPSA) is 43.7 Å². The average molecular weight is 235 g/mol. The van der Waals surface area contributed by atoms with Crippen molar-refractivity contribution in [2.24, 2.45) is 0 Å². The third kappa shape index (κ3) is 3.84. The highest BCUT2D eigenvalue weighted by Crippen LogP contribution is 2.13. The molecule has 1 heterocycles. The molecule has 0 aromatic heterocycles. The molecule has 1 aromatic carbocycles. The van der Waals surface area contributed by atoms with Crippen molar-refractivity contribution in [3.8, 4) is 0 Å². The summed E-state index contributed by atoms with van der Waals surface area (Å²) in [6.45, 7) is 6.12. The van der Waals surface area contributed by atoms with Crippen molar-refractivity contribution in [3.05, 3.63) is 29.3 Å². The lowest BCUT2D eigenvalue weighted by Gasteiger charge is -2.10. The van der Waals surface area contributed by atoms with Crippen LogP contribution in [0.25, 0.3) is 0 Å². The molecule has 0 spiro atoms. The molecule has 1 aromatic rings. The number of hydrogen-bond acceptors (Lipinski definition) is 3. The van der Waals surface area contributed by atoms with E-state index in [4.69, 9.17) is 10.0 Å². The Morgan fingerprint density at radius 2 is 1.65 bits per heavy atom. The van der Waals surface area contributed by atoms with Crippen molar-refractivity contribution in [1.29, 1.82) is 0 Å². The van der Waals surface area contributed by atoms with Gasteiger partial charge in [-0.2, -0.15) is 0 Å². The number of fused-ring (bicyclic) bond motifs is 1. The van der Waals surface area contributed by atoms with Gasteiger partial charge in [0.05, 0.1) is 0 Å². The van der Waals surface area contributed by atoms with Crippen LogP contribution in [0, 0.1) is 0 Å². The summed E-state index contributed by atoms with van der Waals surface area (Å²) in [6, 6.07) is 5.73. The summed E-state index contributed by atoms with van der Waals surface area (Å²) in [5.41, 5.74) is 3.19. The maximum atomic E-state index is 9.09. The van der Waals surface area contributed by atoms with Gasteiger partial charge in [0.1, 0.15) is 0 Å². The van der Waals surface area contributed by atoms with E-state index in [-0.39, 0.29) is 0 Å². The summed E-state index contributed by atoms with van der Waals surface area (Å²) < 4.78 is 0. The molecular formula is C13H22BNO2. The van der Waals surface area contributed by atoms with Crippen molar-refractivity contribution < 1.29 is 10.0 Å². The van der Waals surface area contributed by atoms with Crippen LogP contribution in [0.3, 0.4) is 0 Å². The fraction of sp³-hybridized carbons (Fsp3) is 0.538. The van der Waals surface area contributed by atoms with E-state index in [0.29, 0.717) is 5.46 Å². The second-order valence-electron chi connectivity index (χ2n) is 4.21. The van der Waals surface area contributed by atoms with Crippen molar-refractivity contribution in [3.63, 3.8) is 0 Å². The van der Waals surface area contributed by atoms with E-state index in [0.717, 1.165) is 25.9 Å². The minimum atomic E-state index is -1.35. The van der Waals surface area contributed by atoms with Crippen LogP contribution in [-0.4, -0.2) is 42.2 Å². The van der Waals surface area contributed by atoms with Gasteiger partial charge in [-0.1, -0.05) is 32.0 Å². The molecular weight excluding hydrogens is 213 g/mol. The molecule has 0 bridgehead atoms. The standard InChI is InChI=1S/C11H16BNO2.C2H6/c1-13-6-4-9-2-3-11(12(14)15)8-10(9)5-7-13;1-2/h2-3,8,14-15H,4-7H2,1H3;1-2H3. The Kier molecular flexibility index (Phi) is 5.68. The summed E-state index contributed by atoms with van der Waals surface area (Å²) in [7, 11) is 0.768. The van der Waals surface area contributed by atoms with E-state index >= 15 is 0 Å². The first-order chi connectivity index (χ1) is 8.16. The molecule has 0 saturated carbocycles. The largest absolute Gasteiger partial charge is 0.488 e. The molecule has 0 amide bonds. The average Bonchev–Trinajstić information content (AvgIpc) is 2.54. The van der Waals surface area contributed by atoms with Gasteiger partial charge in [0.15, 0.2) is 0 Å². The van der Waals surface area contributed by atoms with E-state index in [9.17, 15) is 0 Å². The highest BCUT2D eigenvalue weighted by molar-refractivity contribution is 6.58. The van der Waals surface area contributed by atoms with Crippen LogP contribution < -0.4 is 5.46 Å². The number of likely N-dealkylation sites (N-methyl/N-ethyl adjacent to an activating group) is 1. The van der Waals surface area contributed by atoms with Gasteiger partial charge in [-0.15, -0.1) is 0 Å². The Morgan fingerprint density at radius 1 is 1.06 bits per heavy atom. The molecule has 0 radical (unpaired) electrons. The zero-order valence-corrected chi connectivity index (χ0v) is 11.0. The lowest BCUT2D eigenvalue weighted by Crippen LogP contribution is -2.30. The Hall–Kier alpha value is -0.835. The van der Waals surface area contributed by atoms with Gasteiger partial charge in [-0.05, 0) is 36.5 Å². The highest BCUT2D eigenvalue weighted by Gasteiger charge is 2.15. The minimum Gasteiger partial charge on any atom is -0.423 e. The Labute approximate surface area is 104 Å². The number of hydrogen-bond donors (Lipinski definition) is 2. The predicted molar refractivity (Wildman–Crippen MR) is 72.5 cm³/mol. The number of rotatable bonds is 1. The van der Waals surface area contributed by atoms with Gasteiger partial charge >= 0.3 is 7.12 Å². The first-order valence-corrected chi connectivity index (χ1v) is 6.33. The van der Waals surface area contributed by atoms with Crippen LogP contribution in [-0.2, 0) is 12.8 Å². The van der Waals surface area contributed by atoms with E-state index in [1.165, 1.54) is 11.1 Å². The normalized spacial score (nSPS) is 15.4. The quantitative estimate of drug-likeness (QED) is 0.693. The molecule has 0 fully saturated rings. The van der Waals surface area contributed by atoms with Gasteiger partial charge in [0, 0.05) is 13.1 Å². The maximum absolute atomic E-state index is 9.09. The van der Waals surface area contributed by atoms with Gasteiger partial charge in [-0.25, -0.2) is 0 Å². The predicted octanol–water partition coefficient (Wildman–Crippen LogP) is 0.423. The zero-order chi connectivity index (χ0) is 12.8. The van der Waals surface area contributed by atoms with Crippen LogP contribution in [0.15, 0.2) is 18.2 Å². The van der Waals surface area contributed by atoms with Crippen LogP contribution in [0.2, 0.25) is 0 Å². The molecule has 2 N–H and O–H groups in total. The second kappa shape index (κ2) is 6.79. The Bertz CT molecular complexity index is 355. The summed E-state index contributed by atoms with van der Waals surface area (Å²) in [6.07, 6.45) is 2.04. The van der Waals surface area contributed by atoms with E-state index < -0.39 is 7.12 Å². The first-order valence-electron chi connectivity index (χ1n) is 6.33. The van der Waals surface area contributed by atoms with E-state index in [1.54, 1.807) is 6.07 Å². The van der Waals surface area contributed by atoms with Crippen LogP contribution >= 0.6 is 0 Å². The van der Waals surface area contributed by atoms with Gasteiger partial charge < -0.3 is 14.9 Å². The summed E-state index contributed by atoms with van der Waals surface area (Å²) in [4.78, 5) is 2.30. The molecule has 1 aliphatic heterocycles. The lowest BCUT2D eigenvalue weighted by molar-refractivity contribution is 0.352. The smallest absolute Gasteiger partial charge is 0.423 e. The molecule has 0 aliphatic carbocycles. The van der Waals surface area contributed by atoms with Gasteiger partial charge in [0.25, 0.3) is 0 Å². The summed E-state index contributed by atoms with van der Waals surface area (Å²) >= 11 is 0. The van der Waals surface area contributed by atoms with Crippen molar-refractivity contribution in [1.82, 2.24) is 4.90 Å². The molecule has 0 unspecified atom stereocenters. The molecule has 17 heavy (non-hydrogen) atoms. The monoisotopic (exact) mass is 235 g/mol. The molecule has 1 aliphatic rings. The van der Waals surface area contributed by atoms with Crippen molar-refractivity contribution in [2.45, 2.75) is 26.7 Å². The van der Waals surface area contributed by atoms with E-state index in [1.807, 2.05) is 26.0 Å². The van der Waals surface area contributed by atoms with Crippen LogP contribution in [0.4, 0.5) is 0 Å². The van der Waals surface area contributed by atoms with E-state index in [2.05, 4.69) is 11.9 Å². The minimum absolute atomic E-state index is 0.596. The molecule has 0 atom stereocenters. The zero-order valence-electron chi connectivity index (χ0n) is 11.0. The fourth-order valence-electron chi connectivity index (χ4n) is 2.02. The SMILES string of the molecule is CC.CN1CCc2ccc(B(O)O)cc2CC1. The van der Waals surface area contributed by atoms with Crippen molar-refractivity contribution >= 4 is 12.6 Å². The van der Waals surface area contributed by atoms with Crippen LogP contribution in [0.5, 0.6) is 0 Å². The van der Waals surface area contributed by atoms with Crippen LogP contribution in [0.1, 0.15) is 25.0 Å². The molecule has 0 saturated heterocycles. The number of nitrogens with zero attached hydrogens (tertiary/aromatic N) is 1. The highest BCUT2D eigenvalue weighted by atomic mass is 16.4. The molecule has 3 nitrogen and oxygen atoms in total. The van der Waals surface area contributed by atoms with Gasteiger partial charge in [-0.3, -0.25) is 0 Å². The fourth-order valence-corrected chi connectivity index (χ4v) is 2.02. The first kappa shape index (κ1) is 14.2. The lowest BCUT2D eigenvalue weighted by atomic mass is 9.78. The third-order valence-corrected chi connectivity index (χ3v) is 3.05. The molecule has 94 valence electrons. The summed E-state index contributed by atoms with van der Waals surface area (Å²) in [5, 5.41) is 18.2.